The number of amides is 1. The van der Waals surface area contributed by atoms with Crippen molar-refractivity contribution >= 4 is 33.4 Å². The first kappa shape index (κ1) is 14.8. The van der Waals surface area contributed by atoms with E-state index in [0.717, 1.165) is 30.7 Å². The summed E-state index contributed by atoms with van der Waals surface area (Å²) in [5, 5.41) is 0.590. The lowest BCUT2D eigenvalue weighted by Gasteiger charge is -2.39. The summed E-state index contributed by atoms with van der Waals surface area (Å²) in [5.41, 5.74) is 0.643. The van der Waals surface area contributed by atoms with E-state index in [0.29, 0.717) is 16.6 Å². The highest BCUT2D eigenvalue weighted by Gasteiger charge is 2.27. The zero-order valence-electron chi connectivity index (χ0n) is 11.2. The molecule has 1 heterocycles. The summed E-state index contributed by atoms with van der Waals surface area (Å²) >= 11 is 9.40. The fourth-order valence-corrected chi connectivity index (χ4v) is 3.07. The molecule has 104 valence electrons. The Bertz CT molecular complexity index is 481. The van der Waals surface area contributed by atoms with Gasteiger partial charge in [0.05, 0.1) is 5.56 Å². The summed E-state index contributed by atoms with van der Waals surface area (Å²) in [6.07, 6.45) is 0. The van der Waals surface area contributed by atoms with Crippen molar-refractivity contribution < 1.29 is 4.79 Å². The number of carbonyl (C=O) groups excluding carboxylic acids is 1. The van der Waals surface area contributed by atoms with E-state index in [1.54, 1.807) is 12.1 Å². The van der Waals surface area contributed by atoms with Crippen molar-refractivity contribution in [3.63, 3.8) is 0 Å². The predicted molar refractivity (Wildman–Crippen MR) is 81.8 cm³/mol. The predicted octanol–water partition coefficient (Wildman–Crippen LogP) is 3.27. The van der Waals surface area contributed by atoms with E-state index in [1.807, 2.05) is 11.0 Å². The fraction of sp³-hybridized carbons (Fsp3) is 0.500. The Labute approximate surface area is 127 Å². The van der Waals surface area contributed by atoms with Crippen LogP contribution in [0.25, 0.3) is 0 Å². The summed E-state index contributed by atoms with van der Waals surface area (Å²) in [6, 6.07) is 5.73. The Morgan fingerprint density at radius 3 is 2.84 bits per heavy atom. The lowest BCUT2D eigenvalue weighted by atomic mass is 10.1. The van der Waals surface area contributed by atoms with Crippen molar-refractivity contribution in [1.82, 2.24) is 9.80 Å². The first-order chi connectivity index (χ1) is 9.02. The SMILES string of the molecule is CCN1CCN(C(=O)c2cc(Cl)ccc2Br)CC1C. The molecule has 0 saturated carbocycles. The van der Waals surface area contributed by atoms with E-state index in [4.69, 9.17) is 11.6 Å². The van der Waals surface area contributed by atoms with E-state index < -0.39 is 0 Å². The molecule has 19 heavy (non-hydrogen) atoms. The van der Waals surface area contributed by atoms with E-state index in [2.05, 4.69) is 34.7 Å². The zero-order chi connectivity index (χ0) is 14.0. The Morgan fingerprint density at radius 1 is 1.47 bits per heavy atom. The molecule has 0 aliphatic carbocycles. The Kier molecular flexibility index (Phi) is 4.87. The molecule has 0 bridgehead atoms. The molecule has 1 unspecified atom stereocenters. The molecular formula is C14H18BrClN2O. The minimum absolute atomic E-state index is 0.0528. The van der Waals surface area contributed by atoms with Crippen LogP contribution in [0.15, 0.2) is 22.7 Å². The van der Waals surface area contributed by atoms with Gasteiger partial charge in [-0.05, 0) is 47.6 Å². The van der Waals surface area contributed by atoms with Gasteiger partial charge in [0.15, 0.2) is 0 Å². The van der Waals surface area contributed by atoms with Crippen molar-refractivity contribution in [3.05, 3.63) is 33.3 Å². The van der Waals surface area contributed by atoms with Crippen LogP contribution in [0, 0.1) is 0 Å². The van der Waals surface area contributed by atoms with Gasteiger partial charge >= 0.3 is 0 Å². The molecule has 0 N–H and O–H groups in total. The Morgan fingerprint density at radius 2 is 2.21 bits per heavy atom. The highest BCUT2D eigenvalue weighted by Crippen LogP contribution is 2.23. The number of hydrogen-bond acceptors (Lipinski definition) is 2. The van der Waals surface area contributed by atoms with E-state index in [9.17, 15) is 4.79 Å². The molecule has 0 radical (unpaired) electrons. The number of benzene rings is 1. The van der Waals surface area contributed by atoms with Crippen LogP contribution in [0.3, 0.4) is 0 Å². The summed E-state index contributed by atoms with van der Waals surface area (Å²) in [6.45, 7) is 7.82. The van der Waals surface area contributed by atoms with E-state index in [-0.39, 0.29) is 5.91 Å². The first-order valence-corrected chi connectivity index (χ1v) is 7.68. The standard InChI is InChI=1S/C14H18BrClN2O/c1-3-17-6-7-18(9-10(17)2)14(19)12-8-11(16)4-5-13(12)15/h4-5,8,10H,3,6-7,9H2,1-2H3. The van der Waals surface area contributed by atoms with Crippen LogP contribution in [0.1, 0.15) is 24.2 Å². The largest absolute Gasteiger partial charge is 0.336 e. The third-order valence-corrected chi connectivity index (χ3v) is 4.54. The monoisotopic (exact) mass is 344 g/mol. The first-order valence-electron chi connectivity index (χ1n) is 6.51. The van der Waals surface area contributed by atoms with E-state index >= 15 is 0 Å². The van der Waals surface area contributed by atoms with Gasteiger partial charge in [-0.25, -0.2) is 0 Å². The lowest BCUT2D eigenvalue weighted by molar-refractivity contribution is 0.0527. The molecule has 1 aliphatic heterocycles. The highest BCUT2D eigenvalue weighted by atomic mass is 79.9. The molecular weight excluding hydrogens is 328 g/mol. The molecule has 0 aromatic heterocycles. The average molecular weight is 346 g/mol. The maximum Gasteiger partial charge on any atom is 0.255 e. The second-order valence-corrected chi connectivity index (χ2v) is 6.14. The number of rotatable bonds is 2. The molecule has 2 rings (SSSR count). The highest BCUT2D eigenvalue weighted by molar-refractivity contribution is 9.10. The van der Waals surface area contributed by atoms with Gasteiger partial charge in [-0.1, -0.05) is 18.5 Å². The molecule has 1 aromatic rings. The molecule has 1 saturated heterocycles. The molecule has 0 spiro atoms. The van der Waals surface area contributed by atoms with Crippen LogP contribution in [0.5, 0.6) is 0 Å². The van der Waals surface area contributed by atoms with Crippen molar-refractivity contribution in [1.29, 1.82) is 0 Å². The maximum absolute atomic E-state index is 12.5. The van der Waals surface area contributed by atoms with Gasteiger partial charge < -0.3 is 4.90 Å². The summed E-state index contributed by atoms with van der Waals surface area (Å²) in [5.74, 6) is 0.0528. The molecule has 5 heteroatoms. The zero-order valence-corrected chi connectivity index (χ0v) is 13.5. The van der Waals surface area contributed by atoms with Gasteiger partial charge in [0.1, 0.15) is 0 Å². The summed E-state index contributed by atoms with van der Waals surface area (Å²) < 4.78 is 0.799. The number of hydrogen-bond donors (Lipinski definition) is 0. The van der Waals surface area contributed by atoms with Crippen molar-refractivity contribution in [2.24, 2.45) is 0 Å². The third-order valence-electron chi connectivity index (χ3n) is 3.62. The number of nitrogens with zero attached hydrogens (tertiary/aromatic N) is 2. The van der Waals surface area contributed by atoms with Crippen molar-refractivity contribution in [2.75, 3.05) is 26.2 Å². The van der Waals surface area contributed by atoms with E-state index in [1.165, 1.54) is 0 Å². The van der Waals surface area contributed by atoms with Gasteiger partial charge in [-0.3, -0.25) is 9.69 Å². The maximum atomic E-state index is 12.5. The number of halogens is 2. The van der Waals surface area contributed by atoms with Gasteiger partial charge in [0, 0.05) is 35.2 Å². The second kappa shape index (κ2) is 6.25. The third kappa shape index (κ3) is 3.30. The number of likely N-dealkylation sites (N-methyl/N-ethyl adjacent to an activating group) is 1. The van der Waals surface area contributed by atoms with Gasteiger partial charge in [0.2, 0.25) is 0 Å². The van der Waals surface area contributed by atoms with Crippen molar-refractivity contribution in [2.45, 2.75) is 19.9 Å². The molecule has 1 aromatic carbocycles. The Hall–Kier alpha value is -0.580. The average Bonchev–Trinajstić information content (AvgIpc) is 2.40. The minimum atomic E-state index is 0.0528. The van der Waals surface area contributed by atoms with Gasteiger partial charge in [-0.15, -0.1) is 0 Å². The summed E-state index contributed by atoms with van der Waals surface area (Å²) in [7, 11) is 0. The second-order valence-electron chi connectivity index (χ2n) is 4.85. The van der Waals surface area contributed by atoms with Crippen LogP contribution in [-0.2, 0) is 0 Å². The Balaban J connectivity index is 2.14. The molecule has 1 aliphatic rings. The van der Waals surface area contributed by atoms with Gasteiger partial charge in [0.25, 0.3) is 5.91 Å². The van der Waals surface area contributed by atoms with Crippen LogP contribution >= 0.6 is 27.5 Å². The molecule has 3 nitrogen and oxygen atoms in total. The van der Waals surface area contributed by atoms with Gasteiger partial charge in [-0.2, -0.15) is 0 Å². The fourth-order valence-electron chi connectivity index (χ4n) is 2.48. The number of piperazine rings is 1. The smallest absolute Gasteiger partial charge is 0.255 e. The topological polar surface area (TPSA) is 23.6 Å². The van der Waals surface area contributed by atoms with Crippen LogP contribution < -0.4 is 0 Å². The molecule has 1 amide bonds. The molecule has 1 fully saturated rings. The lowest BCUT2D eigenvalue weighted by Crippen LogP contribution is -2.53. The number of carbonyl (C=O) groups is 1. The van der Waals surface area contributed by atoms with Crippen LogP contribution in [0.4, 0.5) is 0 Å². The summed E-state index contributed by atoms with van der Waals surface area (Å²) in [4.78, 5) is 16.8. The normalized spacial score (nSPS) is 20.6. The van der Waals surface area contributed by atoms with Crippen LogP contribution in [0.2, 0.25) is 5.02 Å². The van der Waals surface area contributed by atoms with Crippen molar-refractivity contribution in [3.8, 4) is 0 Å². The minimum Gasteiger partial charge on any atom is -0.336 e. The van der Waals surface area contributed by atoms with Crippen LogP contribution in [-0.4, -0.2) is 47.9 Å². The quantitative estimate of drug-likeness (QED) is 0.821. The molecule has 1 atom stereocenters.